The molecular formula is C16H22N2O3. The van der Waals surface area contributed by atoms with Crippen LogP contribution in [0.25, 0.3) is 0 Å². The van der Waals surface area contributed by atoms with Crippen molar-refractivity contribution in [3.63, 3.8) is 0 Å². The van der Waals surface area contributed by atoms with Gasteiger partial charge in [0.25, 0.3) is 0 Å². The molecule has 2 unspecified atom stereocenters. The number of anilines is 1. The number of nitrogens with zero attached hydrogens (tertiary/aromatic N) is 1. The zero-order valence-corrected chi connectivity index (χ0v) is 12.5. The van der Waals surface area contributed by atoms with Gasteiger partial charge in [0, 0.05) is 25.7 Å². The highest BCUT2D eigenvalue weighted by Crippen LogP contribution is 2.38. The number of carboxylic acid groups (broad SMARTS) is 1. The fraction of sp³-hybridized carbons (Fsp3) is 0.500. The second-order valence-electron chi connectivity index (χ2n) is 5.83. The number of aryl methyl sites for hydroxylation is 1. The molecule has 2 N–H and O–H groups in total. The Morgan fingerprint density at radius 3 is 2.67 bits per heavy atom. The number of amides is 2. The molecule has 1 aliphatic rings. The van der Waals surface area contributed by atoms with Crippen LogP contribution in [-0.2, 0) is 11.2 Å². The smallest absolute Gasteiger partial charge is 0.321 e. The van der Waals surface area contributed by atoms with Crippen molar-refractivity contribution in [3.8, 4) is 0 Å². The Hall–Kier alpha value is -2.04. The second-order valence-corrected chi connectivity index (χ2v) is 5.83. The number of carbonyl (C=O) groups excluding carboxylic acids is 1. The highest BCUT2D eigenvalue weighted by atomic mass is 16.4. The molecule has 0 heterocycles. The van der Waals surface area contributed by atoms with E-state index < -0.39 is 5.97 Å². The molecule has 5 heteroatoms. The third kappa shape index (κ3) is 4.48. The van der Waals surface area contributed by atoms with Crippen LogP contribution in [0.3, 0.4) is 0 Å². The Bertz CT molecular complexity index is 530. The van der Waals surface area contributed by atoms with Gasteiger partial charge in [-0.25, -0.2) is 4.79 Å². The van der Waals surface area contributed by atoms with Crippen molar-refractivity contribution in [2.75, 3.05) is 18.9 Å². The largest absolute Gasteiger partial charge is 0.481 e. The Morgan fingerprint density at radius 1 is 1.38 bits per heavy atom. The van der Waals surface area contributed by atoms with Gasteiger partial charge in [0.1, 0.15) is 0 Å². The van der Waals surface area contributed by atoms with Gasteiger partial charge in [0.05, 0.1) is 0 Å². The fourth-order valence-corrected chi connectivity index (χ4v) is 2.40. The molecule has 21 heavy (non-hydrogen) atoms. The lowest BCUT2D eigenvalue weighted by Gasteiger charge is -2.19. The molecule has 1 fully saturated rings. The van der Waals surface area contributed by atoms with E-state index in [0.717, 1.165) is 12.1 Å². The predicted molar refractivity (Wildman–Crippen MR) is 81.3 cm³/mol. The highest BCUT2D eigenvalue weighted by molar-refractivity contribution is 5.90. The SMILES string of the molecule is CC1CC1CN(C)C(=O)Nc1ccccc1CCC(=O)O. The summed E-state index contributed by atoms with van der Waals surface area (Å²) in [4.78, 5) is 24.5. The molecule has 0 saturated heterocycles. The zero-order valence-electron chi connectivity index (χ0n) is 12.5. The van der Waals surface area contributed by atoms with Crippen LogP contribution in [0.2, 0.25) is 0 Å². The lowest BCUT2D eigenvalue weighted by atomic mass is 10.1. The van der Waals surface area contributed by atoms with E-state index in [1.165, 1.54) is 6.42 Å². The minimum absolute atomic E-state index is 0.0578. The Balaban J connectivity index is 1.94. The summed E-state index contributed by atoms with van der Waals surface area (Å²) < 4.78 is 0. The first-order valence-corrected chi connectivity index (χ1v) is 7.29. The molecule has 114 valence electrons. The van der Waals surface area contributed by atoms with Crippen molar-refractivity contribution >= 4 is 17.7 Å². The standard InChI is InChI=1S/C16H22N2O3/c1-11-9-13(11)10-18(2)16(21)17-14-6-4-3-5-12(14)7-8-15(19)20/h3-6,11,13H,7-10H2,1-2H3,(H,17,21)(H,19,20). The number of urea groups is 1. The van der Waals surface area contributed by atoms with Crippen LogP contribution in [0.1, 0.15) is 25.3 Å². The molecule has 1 aromatic carbocycles. The van der Waals surface area contributed by atoms with Crippen LogP contribution >= 0.6 is 0 Å². The van der Waals surface area contributed by atoms with E-state index in [9.17, 15) is 9.59 Å². The summed E-state index contributed by atoms with van der Waals surface area (Å²) in [5.74, 6) is 0.488. The number of hydrogen-bond acceptors (Lipinski definition) is 2. The number of aliphatic carboxylic acids is 1. The molecule has 0 aliphatic heterocycles. The Labute approximate surface area is 125 Å². The Morgan fingerprint density at radius 2 is 2.05 bits per heavy atom. The average Bonchev–Trinajstić information content (AvgIpc) is 3.12. The maximum absolute atomic E-state index is 12.2. The maximum Gasteiger partial charge on any atom is 0.321 e. The van der Waals surface area contributed by atoms with Crippen LogP contribution in [0.4, 0.5) is 10.5 Å². The normalized spacial score (nSPS) is 19.9. The van der Waals surface area contributed by atoms with Gasteiger partial charge in [0.2, 0.25) is 0 Å². The molecule has 1 aliphatic carbocycles. The van der Waals surface area contributed by atoms with Crippen LogP contribution in [0, 0.1) is 11.8 Å². The van der Waals surface area contributed by atoms with E-state index in [-0.39, 0.29) is 12.5 Å². The van der Waals surface area contributed by atoms with Gasteiger partial charge in [-0.1, -0.05) is 25.1 Å². The van der Waals surface area contributed by atoms with E-state index in [4.69, 9.17) is 5.11 Å². The molecule has 2 atom stereocenters. The summed E-state index contributed by atoms with van der Waals surface area (Å²) in [6.07, 6.45) is 1.66. The topological polar surface area (TPSA) is 69.6 Å². The molecular weight excluding hydrogens is 268 g/mol. The number of nitrogens with one attached hydrogen (secondary N) is 1. The molecule has 0 bridgehead atoms. The van der Waals surface area contributed by atoms with Crippen molar-refractivity contribution in [2.24, 2.45) is 11.8 Å². The number of para-hydroxylation sites is 1. The molecule has 2 amide bonds. The van der Waals surface area contributed by atoms with E-state index in [1.54, 1.807) is 11.9 Å². The second kappa shape index (κ2) is 6.61. The number of benzene rings is 1. The first kappa shape index (κ1) is 15.4. The summed E-state index contributed by atoms with van der Waals surface area (Å²) in [6, 6.07) is 7.20. The van der Waals surface area contributed by atoms with Crippen molar-refractivity contribution in [1.29, 1.82) is 0 Å². The molecule has 0 aromatic heterocycles. The van der Waals surface area contributed by atoms with Crippen molar-refractivity contribution < 1.29 is 14.7 Å². The van der Waals surface area contributed by atoms with E-state index >= 15 is 0 Å². The fourth-order valence-electron chi connectivity index (χ4n) is 2.40. The van der Waals surface area contributed by atoms with Gasteiger partial charge in [0.15, 0.2) is 0 Å². The van der Waals surface area contributed by atoms with Gasteiger partial charge in [-0.05, 0) is 36.3 Å². The number of rotatable bonds is 6. The number of hydrogen-bond donors (Lipinski definition) is 2. The summed E-state index contributed by atoms with van der Waals surface area (Å²) >= 11 is 0. The predicted octanol–water partition coefficient (Wildman–Crippen LogP) is 2.82. The zero-order chi connectivity index (χ0) is 15.4. The summed E-state index contributed by atoms with van der Waals surface area (Å²) in [5, 5.41) is 11.6. The van der Waals surface area contributed by atoms with Crippen molar-refractivity contribution in [2.45, 2.75) is 26.2 Å². The van der Waals surface area contributed by atoms with E-state index in [2.05, 4.69) is 12.2 Å². The van der Waals surface area contributed by atoms with Gasteiger partial charge in [-0.15, -0.1) is 0 Å². The van der Waals surface area contributed by atoms with Crippen LogP contribution in [-0.4, -0.2) is 35.6 Å². The van der Waals surface area contributed by atoms with Crippen molar-refractivity contribution in [3.05, 3.63) is 29.8 Å². The molecule has 2 rings (SSSR count). The lowest BCUT2D eigenvalue weighted by Crippen LogP contribution is -2.33. The summed E-state index contributed by atoms with van der Waals surface area (Å²) in [7, 11) is 1.79. The van der Waals surface area contributed by atoms with E-state index in [0.29, 0.717) is 23.9 Å². The van der Waals surface area contributed by atoms with Crippen LogP contribution in [0.5, 0.6) is 0 Å². The minimum Gasteiger partial charge on any atom is -0.481 e. The average molecular weight is 290 g/mol. The van der Waals surface area contributed by atoms with Gasteiger partial charge >= 0.3 is 12.0 Å². The molecule has 1 saturated carbocycles. The highest BCUT2D eigenvalue weighted by Gasteiger charge is 2.34. The molecule has 1 aromatic rings. The third-order valence-corrected chi connectivity index (χ3v) is 4.00. The lowest BCUT2D eigenvalue weighted by molar-refractivity contribution is -0.136. The van der Waals surface area contributed by atoms with Gasteiger partial charge in [-0.2, -0.15) is 0 Å². The molecule has 0 spiro atoms. The number of carbonyl (C=O) groups is 2. The van der Waals surface area contributed by atoms with Gasteiger partial charge in [-0.3, -0.25) is 4.79 Å². The maximum atomic E-state index is 12.2. The van der Waals surface area contributed by atoms with Crippen LogP contribution in [0.15, 0.2) is 24.3 Å². The minimum atomic E-state index is -0.837. The first-order chi connectivity index (χ1) is 9.97. The number of carboxylic acids is 1. The summed E-state index contributed by atoms with van der Waals surface area (Å²) in [6.45, 7) is 2.96. The molecule has 5 nitrogen and oxygen atoms in total. The third-order valence-electron chi connectivity index (χ3n) is 4.00. The summed E-state index contributed by atoms with van der Waals surface area (Å²) in [5.41, 5.74) is 1.54. The van der Waals surface area contributed by atoms with E-state index in [1.807, 2.05) is 24.3 Å². The van der Waals surface area contributed by atoms with Crippen LogP contribution < -0.4 is 5.32 Å². The monoisotopic (exact) mass is 290 g/mol. The first-order valence-electron chi connectivity index (χ1n) is 7.29. The van der Waals surface area contributed by atoms with Gasteiger partial charge < -0.3 is 15.3 Å². The Kier molecular flexibility index (Phi) is 4.83. The quantitative estimate of drug-likeness (QED) is 0.846. The molecule has 0 radical (unpaired) electrons. The van der Waals surface area contributed by atoms with Crippen molar-refractivity contribution in [1.82, 2.24) is 4.90 Å².